The molecule has 0 unspecified atom stereocenters. The van der Waals surface area contributed by atoms with Gasteiger partial charge in [0.2, 0.25) is 0 Å². The van der Waals surface area contributed by atoms with Crippen LogP contribution in [0, 0.1) is 0 Å². The summed E-state index contributed by atoms with van der Waals surface area (Å²) in [4.78, 5) is 13.8. The number of likely N-dealkylation sites (tertiary alicyclic amines) is 1. The molecule has 2 atom stereocenters. The van der Waals surface area contributed by atoms with Crippen LogP contribution in [-0.2, 0) is 22.6 Å². The van der Waals surface area contributed by atoms with Crippen molar-refractivity contribution < 1.29 is 14.6 Å². The summed E-state index contributed by atoms with van der Waals surface area (Å²) in [5.74, 6) is -0.366. The van der Waals surface area contributed by atoms with Crippen LogP contribution in [0.15, 0.2) is 12.4 Å². The Balaban J connectivity index is 2.09. The molecule has 0 bridgehead atoms. The first-order chi connectivity index (χ1) is 9.15. The zero-order valence-corrected chi connectivity index (χ0v) is 11.5. The molecule has 0 saturated carbocycles. The summed E-state index contributed by atoms with van der Waals surface area (Å²) in [5.41, 5.74) is 1.05. The van der Waals surface area contributed by atoms with Crippen molar-refractivity contribution in [3.8, 4) is 0 Å². The van der Waals surface area contributed by atoms with E-state index >= 15 is 0 Å². The molecular weight excluding hydrogens is 246 g/mol. The number of aromatic nitrogens is 2. The van der Waals surface area contributed by atoms with E-state index in [2.05, 4.69) is 5.10 Å². The van der Waals surface area contributed by atoms with E-state index in [4.69, 9.17) is 4.74 Å². The lowest BCUT2D eigenvalue weighted by molar-refractivity contribution is -0.154. The van der Waals surface area contributed by atoms with Crippen LogP contribution in [0.5, 0.6) is 0 Å². The number of piperidine rings is 1. The fourth-order valence-electron chi connectivity index (χ4n) is 2.54. The molecule has 1 fully saturated rings. The minimum Gasteiger partial charge on any atom is -0.468 e. The normalized spacial score (nSPS) is 24.4. The van der Waals surface area contributed by atoms with E-state index in [0.29, 0.717) is 13.0 Å². The lowest BCUT2D eigenvalue weighted by Crippen LogP contribution is -2.52. The van der Waals surface area contributed by atoms with Crippen molar-refractivity contribution in [2.24, 2.45) is 0 Å². The Morgan fingerprint density at radius 3 is 3.05 bits per heavy atom. The van der Waals surface area contributed by atoms with Gasteiger partial charge in [-0.1, -0.05) is 0 Å². The maximum absolute atomic E-state index is 11.8. The van der Waals surface area contributed by atoms with Crippen LogP contribution in [0.1, 0.15) is 25.3 Å². The molecule has 0 radical (unpaired) electrons. The van der Waals surface area contributed by atoms with Gasteiger partial charge >= 0.3 is 5.97 Å². The zero-order valence-electron chi connectivity index (χ0n) is 11.5. The second-order valence-corrected chi connectivity index (χ2v) is 4.85. The highest BCUT2D eigenvalue weighted by Gasteiger charge is 2.36. The van der Waals surface area contributed by atoms with Gasteiger partial charge in [-0.15, -0.1) is 0 Å². The van der Waals surface area contributed by atoms with Crippen LogP contribution in [-0.4, -0.2) is 51.6 Å². The molecular formula is C13H21N3O3. The Morgan fingerprint density at radius 1 is 1.63 bits per heavy atom. The van der Waals surface area contributed by atoms with Gasteiger partial charge < -0.3 is 9.84 Å². The van der Waals surface area contributed by atoms with Gasteiger partial charge in [0.1, 0.15) is 6.04 Å². The van der Waals surface area contributed by atoms with E-state index in [1.807, 2.05) is 22.7 Å². The highest BCUT2D eigenvalue weighted by Crippen LogP contribution is 2.21. The average molecular weight is 267 g/mol. The van der Waals surface area contributed by atoms with Gasteiger partial charge in [0.15, 0.2) is 0 Å². The first kappa shape index (κ1) is 14.0. The molecule has 0 aromatic carbocycles. The number of methoxy groups -OCH3 is 1. The standard InChI is InChI=1S/C13H21N3O3/c1-3-16-9-10(7-14-16)8-15-6-4-5-11(17)12(15)13(18)19-2/h7,9,11-12,17H,3-6,8H2,1-2H3/t11-,12+/m1/s1. The molecule has 1 aliphatic heterocycles. The molecule has 1 aromatic rings. The maximum Gasteiger partial charge on any atom is 0.325 e. The Bertz CT molecular complexity index is 433. The van der Waals surface area contributed by atoms with E-state index in [1.165, 1.54) is 7.11 Å². The quantitative estimate of drug-likeness (QED) is 0.800. The highest BCUT2D eigenvalue weighted by atomic mass is 16.5. The third-order valence-electron chi connectivity index (χ3n) is 3.54. The van der Waals surface area contributed by atoms with Crippen LogP contribution in [0.3, 0.4) is 0 Å². The summed E-state index contributed by atoms with van der Waals surface area (Å²) >= 11 is 0. The van der Waals surface area contributed by atoms with E-state index in [1.54, 1.807) is 6.20 Å². The average Bonchev–Trinajstić information content (AvgIpc) is 2.86. The summed E-state index contributed by atoms with van der Waals surface area (Å²) in [6, 6.07) is -0.566. The molecule has 2 heterocycles. The molecule has 106 valence electrons. The van der Waals surface area contributed by atoms with Crippen molar-refractivity contribution in [3.63, 3.8) is 0 Å². The number of hydrogen-bond acceptors (Lipinski definition) is 5. The fourth-order valence-corrected chi connectivity index (χ4v) is 2.54. The molecule has 1 aliphatic rings. The Kier molecular flexibility index (Phi) is 4.55. The van der Waals surface area contributed by atoms with Crippen molar-refractivity contribution in [1.82, 2.24) is 14.7 Å². The molecule has 19 heavy (non-hydrogen) atoms. The first-order valence-corrected chi connectivity index (χ1v) is 6.67. The smallest absolute Gasteiger partial charge is 0.325 e. The minimum absolute atomic E-state index is 0.366. The number of carbonyl (C=O) groups excluding carboxylic acids is 1. The van der Waals surface area contributed by atoms with E-state index in [9.17, 15) is 9.90 Å². The van der Waals surface area contributed by atoms with Gasteiger partial charge in [0, 0.05) is 24.8 Å². The number of esters is 1. The van der Waals surface area contributed by atoms with Crippen molar-refractivity contribution >= 4 is 5.97 Å². The second kappa shape index (κ2) is 6.16. The zero-order chi connectivity index (χ0) is 13.8. The van der Waals surface area contributed by atoms with E-state index in [-0.39, 0.29) is 5.97 Å². The molecule has 2 rings (SSSR count). The lowest BCUT2D eigenvalue weighted by Gasteiger charge is -2.36. The van der Waals surface area contributed by atoms with Crippen LogP contribution < -0.4 is 0 Å². The number of aliphatic hydroxyl groups excluding tert-OH is 1. The number of hydrogen-bond donors (Lipinski definition) is 1. The Hall–Kier alpha value is -1.40. The minimum atomic E-state index is -0.651. The van der Waals surface area contributed by atoms with Crippen molar-refractivity contribution in [2.75, 3.05) is 13.7 Å². The molecule has 0 spiro atoms. The van der Waals surface area contributed by atoms with Gasteiger partial charge in [-0.05, 0) is 26.3 Å². The predicted molar refractivity (Wildman–Crippen MR) is 69.4 cm³/mol. The number of carbonyl (C=O) groups is 1. The summed E-state index contributed by atoms with van der Waals surface area (Å²) < 4.78 is 6.64. The maximum atomic E-state index is 11.8. The van der Waals surface area contributed by atoms with Gasteiger partial charge in [0.25, 0.3) is 0 Å². The molecule has 1 saturated heterocycles. The van der Waals surface area contributed by atoms with Gasteiger partial charge in [-0.3, -0.25) is 14.4 Å². The predicted octanol–water partition coefficient (Wildman–Crippen LogP) is 0.401. The second-order valence-electron chi connectivity index (χ2n) is 4.85. The van der Waals surface area contributed by atoms with Crippen LogP contribution in [0.25, 0.3) is 0 Å². The molecule has 1 N–H and O–H groups in total. The van der Waals surface area contributed by atoms with Crippen LogP contribution in [0.2, 0.25) is 0 Å². The molecule has 6 nitrogen and oxygen atoms in total. The largest absolute Gasteiger partial charge is 0.468 e. The fraction of sp³-hybridized carbons (Fsp3) is 0.692. The number of rotatable bonds is 4. The van der Waals surface area contributed by atoms with E-state index < -0.39 is 12.1 Å². The van der Waals surface area contributed by atoms with Crippen molar-refractivity contribution in [1.29, 1.82) is 0 Å². The third kappa shape index (κ3) is 3.13. The molecule has 0 amide bonds. The van der Waals surface area contributed by atoms with E-state index in [0.717, 1.165) is 25.1 Å². The number of ether oxygens (including phenoxy) is 1. The number of nitrogens with zero attached hydrogens (tertiary/aromatic N) is 3. The summed E-state index contributed by atoms with van der Waals surface area (Å²) in [6.45, 7) is 4.24. The summed E-state index contributed by atoms with van der Waals surface area (Å²) in [6.07, 6.45) is 4.65. The summed E-state index contributed by atoms with van der Waals surface area (Å²) in [5, 5.41) is 14.2. The monoisotopic (exact) mass is 267 g/mol. The van der Waals surface area contributed by atoms with Gasteiger partial charge in [0.05, 0.1) is 19.4 Å². The highest BCUT2D eigenvalue weighted by molar-refractivity contribution is 5.76. The van der Waals surface area contributed by atoms with Crippen LogP contribution in [0.4, 0.5) is 0 Å². The SMILES string of the molecule is CCn1cc(CN2CCC[C@@H](O)[C@H]2C(=O)OC)cn1. The Morgan fingerprint density at radius 2 is 2.42 bits per heavy atom. The van der Waals surface area contributed by atoms with Gasteiger partial charge in [-0.25, -0.2) is 0 Å². The van der Waals surface area contributed by atoms with Crippen LogP contribution >= 0.6 is 0 Å². The third-order valence-corrected chi connectivity index (χ3v) is 3.54. The topological polar surface area (TPSA) is 67.6 Å². The number of aryl methyl sites for hydroxylation is 1. The molecule has 0 aliphatic carbocycles. The molecule has 1 aromatic heterocycles. The molecule has 6 heteroatoms. The van der Waals surface area contributed by atoms with Crippen molar-refractivity contribution in [2.45, 2.75) is 45.0 Å². The number of aliphatic hydroxyl groups is 1. The van der Waals surface area contributed by atoms with Gasteiger partial charge in [-0.2, -0.15) is 5.10 Å². The van der Waals surface area contributed by atoms with Crippen molar-refractivity contribution in [3.05, 3.63) is 18.0 Å². The first-order valence-electron chi connectivity index (χ1n) is 6.67. The Labute approximate surface area is 113 Å². The summed E-state index contributed by atoms with van der Waals surface area (Å²) in [7, 11) is 1.36. The lowest BCUT2D eigenvalue weighted by atomic mass is 9.98.